The van der Waals surface area contributed by atoms with Gasteiger partial charge in [0.05, 0.1) is 33.0 Å². The summed E-state index contributed by atoms with van der Waals surface area (Å²) in [4.78, 5) is 23.4. The van der Waals surface area contributed by atoms with Crippen LogP contribution in [-0.2, 0) is 28.5 Å². The first kappa shape index (κ1) is 13.9. The fourth-order valence-electron chi connectivity index (χ4n) is 1.56. The van der Waals surface area contributed by atoms with E-state index in [9.17, 15) is 9.59 Å². The molecule has 0 aromatic rings. The highest BCUT2D eigenvalue weighted by atomic mass is 16.6. The van der Waals surface area contributed by atoms with Gasteiger partial charge in [0.25, 0.3) is 0 Å². The molecule has 1 heterocycles. The van der Waals surface area contributed by atoms with E-state index in [0.29, 0.717) is 13.2 Å². The lowest BCUT2D eigenvalue weighted by Crippen LogP contribution is -2.44. The summed E-state index contributed by atoms with van der Waals surface area (Å²) in [6.07, 6.45) is -0.623. The predicted octanol–water partition coefficient (Wildman–Crippen LogP) is 0.144. The van der Waals surface area contributed by atoms with Gasteiger partial charge in [-0.05, 0) is 13.8 Å². The van der Waals surface area contributed by atoms with Gasteiger partial charge < -0.3 is 18.9 Å². The van der Waals surface area contributed by atoms with Crippen molar-refractivity contribution in [3.8, 4) is 0 Å². The molecule has 6 nitrogen and oxygen atoms in total. The number of esters is 2. The van der Waals surface area contributed by atoms with Crippen LogP contribution in [0.2, 0.25) is 0 Å². The lowest BCUT2D eigenvalue weighted by Gasteiger charge is -2.27. The summed E-state index contributed by atoms with van der Waals surface area (Å²) in [5.41, 5.74) is 0. The van der Waals surface area contributed by atoms with Gasteiger partial charge in [0.1, 0.15) is 6.10 Å². The molecule has 1 unspecified atom stereocenters. The van der Waals surface area contributed by atoms with Gasteiger partial charge in [-0.2, -0.15) is 0 Å². The number of hydrogen-bond donors (Lipinski definition) is 0. The second kappa shape index (κ2) is 7.24. The van der Waals surface area contributed by atoms with E-state index in [0.717, 1.165) is 0 Å². The molecule has 1 aliphatic rings. The monoisotopic (exact) mass is 246 g/mol. The lowest BCUT2D eigenvalue weighted by atomic mass is 10.0. The molecular weight excluding hydrogens is 228 g/mol. The average molecular weight is 246 g/mol. The van der Waals surface area contributed by atoms with Crippen molar-refractivity contribution in [3.63, 3.8) is 0 Å². The van der Waals surface area contributed by atoms with Gasteiger partial charge >= 0.3 is 11.9 Å². The minimum Gasteiger partial charge on any atom is -0.465 e. The Kier molecular flexibility index (Phi) is 5.93. The van der Waals surface area contributed by atoms with Gasteiger partial charge in [0.15, 0.2) is 5.92 Å². The minimum absolute atomic E-state index is 0.197. The molecule has 0 N–H and O–H groups in total. The number of hydrogen-bond acceptors (Lipinski definition) is 6. The Morgan fingerprint density at radius 3 is 2.18 bits per heavy atom. The van der Waals surface area contributed by atoms with Crippen LogP contribution in [-0.4, -0.2) is 51.1 Å². The summed E-state index contributed by atoms with van der Waals surface area (Å²) >= 11 is 0. The number of ether oxygens (including phenoxy) is 4. The zero-order valence-corrected chi connectivity index (χ0v) is 10.1. The first-order chi connectivity index (χ1) is 8.20. The van der Waals surface area contributed by atoms with E-state index in [2.05, 4.69) is 0 Å². The van der Waals surface area contributed by atoms with Crippen LogP contribution in [0.5, 0.6) is 0 Å². The first-order valence-electron chi connectivity index (χ1n) is 5.73. The van der Waals surface area contributed by atoms with E-state index in [4.69, 9.17) is 18.9 Å². The molecule has 0 aromatic heterocycles. The zero-order valence-electron chi connectivity index (χ0n) is 10.1. The minimum atomic E-state index is -1.06. The number of carbonyl (C=O) groups excluding carboxylic acids is 2. The van der Waals surface area contributed by atoms with Crippen LogP contribution >= 0.6 is 0 Å². The van der Waals surface area contributed by atoms with Crippen molar-refractivity contribution in [3.05, 3.63) is 0 Å². The lowest BCUT2D eigenvalue weighted by molar-refractivity contribution is -0.178. The summed E-state index contributed by atoms with van der Waals surface area (Å²) in [6, 6.07) is 0. The molecule has 0 spiro atoms. The van der Waals surface area contributed by atoms with E-state index < -0.39 is 24.0 Å². The Balaban J connectivity index is 2.69. The Bertz CT molecular complexity index is 241. The second-order valence-corrected chi connectivity index (χ2v) is 3.47. The second-order valence-electron chi connectivity index (χ2n) is 3.47. The third kappa shape index (κ3) is 3.98. The standard InChI is InChI=1S/C11H18O6/c1-3-15-10(12)9(11(13)16-4-2)8-7-14-5-6-17-8/h8-9H,3-7H2,1-2H3. The fraction of sp³-hybridized carbons (Fsp3) is 0.818. The SMILES string of the molecule is CCOC(=O)C(C(=O)OCC)C1COCCO1. The quantitative estimate of drug-likeness (QED) is 0.508. The van der Waals surface area contributed by atoms with Crippen LogP contribution in [0.25, 0.3) is 0 Å². The molecule has 17 heavy (non-hydrogen) atoms. The smallest absolute Gasteiger partial charge is 0.323 e. The Morgan fingerprint density at radius 2 is 1.76 bits per heavy atom. The van der Waals surface area contributed by atoms with Crippen molar-refractivity contribution in [2.45, 2.75) is 20.0 Å². The van der Waals surface area contributed by atoms with Gasteiger partial charge in [-0.3, -0.25) is 9.59 Å². The van der Waals surface area contributed by atoms with Gasteiger partial charge in [0, 0.05) is 0 Å². The maximum absolute atomic E-state index is 11.7. The van der Waals surface area contributed by atoms with Crippen LogP contribution in [0, 0.1) is 5.92 Å². The van der Waals surface area contributed by atoms with Crippen molar-refractivity contribution in [2.75, 3.05) is 33.0 Å². The topological polar surface area (TPSA) is 71.1 Å². The normalized spacial score (nSPS) is 20.1. The van der Waals surface area contributed by atoms with Crippen LogP contribution in [0.4, 0.5) is 0 Å². The predicted molar refractivity (Wildman–Crippen MR) is 57.3 cm³/mol. The third-order valence-electron chi connectivity index (χ3n) is 2.29. The fourth-order valence-corrected chi connectivity index (χ4v) is 1.56. The Morgan fingerprint density at radius 1 is 1.18 bits per heavy atom. The Hall–Kier alpha value is -1.14. The summed E-state index contributed by atoms with van der Waals surface area (Å²) < 4.78 is 20.2. The van der Waals surface area contributed by atoms with E-state index in [1.54, 1.807) is 13.8 Å². The summed E-state index contributed by atoms with van der Waals surface area (Å²) in [7, 11) is 0. The summed E-state index contributed by atoms with van der Waals surface area (Å²) in [5.74, 6) is -2.31. The van der Waals surface area contributed by atoms with Crippen molar-refractivity contribution in [2.24, 2.45) is 5.92 Å². The molecule has 0 amide bonds. The molecule has 0 radical (unpaired) electrons. The maximum atomic E-state index is 11.7. The third-order valence-corrected chi connectivity index (χ3v) is 2.29. The molecule has 0 saturated carbocycles. The van der Waals surface area contributed by atoms with E-state index in [1.807, 2.05) is 0 Å². The largest absolute Gasteiger partial charge is 0.465 e. The average Bonchev–Trinajstić information content (AvgIpc) is 2.31. The van der Waals surface area contributed by atoms with Gasteiger partial charge in [0.2, 0.25) is 0 Å². The molecule has 0 aliphatic carbocycles. The van der Waals surface area contributed by atoms with Crippen molar-refractivity contribution < 1.29 is 28.5 Å². The highest BCUT2D eigenvalue weighted by Crippen LogP contribution is 2.16. The molecule has 1 aliphatic heterocycles. The first-order valence-corrected chi connectivity index (χ1v) is 5.73. The van der Waals surface area contributed by atoms with Crippen LogP contribution in [0.3, 0.4) is 0 Å². The summed E-state index contributed by atoms with van der Waals surface area (Å²) in [5, 5.41) is 0. The highest BCUT2D eigenvalue weighted by molar-refractivity contribution is 5.95. The summed E-state index contributed by atoms with van der Waals surface area (Å²) in [6.45, 7) is 4.80. The molecule has 1 fully saturated rings. The van der Waals surface area contributed by atoms with Gasteiger partial charge in [-0.25, -0.2) is 0 Å². The van der Waals surface area contributed by atoms with Crippen LogP contribution in [0.1, 0.15) is 13.8 Å². The van der Waals surface area contributed by atoms with Crippen molar-refractivity contribution in [1.82, 2.24) is 0 Å². The molecule has 0 bridgehead atoms. The van der Waals surface area contributed by atoms with Crippen molar-refractivity contribution >= 4 is 11.9 Å². The van der Waals surface area contributed by atoms with E-state index in [1.165, 1.54) is 0 Å². The molecule has 0 aromatic carbocycles. The maximum Gasteiger partial charge on any atom is 0.323 e. The van der Waals surface area contributed by atoms with Gasteiger partial charge in [-0.1, -0.05) is 0 Å². The molecule has 1 atom stereocenters. The zero-order chi connectivity index (χ0) is 12.7. The number of carbonyl (C=O) groups is 2. The van der Waals surface area contributed by atoms with E-state index >= 15 is 0 Å². The molecule has 6 heteroatoms. The Labute approximate surface area is 100 Å². The molecule has 1 saturated heterocycles. The van der Waals surface area contributed by atoms with Crippen LogP contribution in [0.15, 0.2) is 0 Å². The molecule has 98 valence electrons. The number of rotatable bonds is 5. The van der Waals surface area contributed by atoms with E-state index in [-0.39, 0.29) is 19.8 Å². The van der Waals surface area contributed by atoms with Crippen LogP contribution < -0.4 is 0 Å². The highest BCUT2D eigenvalue weighted by Gasteiger charge is 2.39. The molecular formula is C11H18O6. The van der Waals surface area contributed by atoms with Crippen molar-refractivity contribution in [1.29, 1.82) is 0 Å². The molecule has 1 rings (SSSR count). The van der Waals surface area contributed by atoms with Gasteiger partial charge in [-0.15, -0.1) is 0 Å².